The van der Waals surface area contributed by atoms with E-state index in [0.717, 1.165) is 25.1 Å². The van der Waals surface area contributed by atoms with Gasteiger partial charge >= 0.3 is 0 Å². The Bertz CT molecular complexity index is 635. The third kappa shape index (κ3) is 12.0. The molecule has 1 saturated heterocycles. The van der Waals surface area contributed by atoms with E-state index in [1.165, 1.54) is 0 Å². The van der Waals surface area contributed by atoms with Crippen LogP contribution in [0.2, 0.25) is 0 Å². The molecule has 0 aromatic rings. The van der Waals surface area contributed by atoms with Gasteiger partial charge in [-0.15, -0.1) is 0 Å². The molecule has 0 bridgehead atoms. The predicted molar refractivity (Wildman–Crippen MR) is 141 cm³/mol. The van der Waals surface area contributed by atoms with Gasteiger partial charge in [0.05, 0.1) is 5.71 Å². The van der Waals surface area contributed by atoms with Crippen LogP contribution in [0, 0.1) is 34.5 Å². The Labute approximate surface area is 208 Å². The molecule has 32 heavy (non-hydrogen) atoms. The van der Waals surface area contributed by atoms with Crippen LogP contribution in [-0.2, 0) is 18.8 Å². The Morgan fingerprint density at radius 2 is 1.34 bits per heavy atom. The van der Waals surface area contributed by atoms with Gasteiger partial charge in [-0.3, -0.25) is 9.59 Å². The van der Waals surface area contributed by atoms with Crippen LogP contribution in [0.15, 0.2) is 5.16 Å². The van der Waals surface area contributed by atoms with E-state index in [9.17, 15) is 9.59 Å². The van der Waals surface area contributed by atoms with E-state index >= 15 is 0 Å². The number of amides is 1. The zero-order valence-corrected chi connectivity index (χ0v) is 21.0. The summed E-state index contributed by atoms with van der Waals surface area (Å²) in [5, 5.41) is 14.3. The number of ketones is 1. The van der Waals surface area contributed by atoms with Crippen molar-refractivity contribution in [2.75, 3.05) is 6.54 Å². The maximum absolute atomic E-state index is 10.7. The van der Waals surface area contributed by atoms with Crippen LogP contribution >= 0.6 is 21.4 Å². The number of hydrogen-bond acceptors (Lipinski definition) is 5. The van der Waals surface area contributed by atoms with Crippen LogP contribution < -0.4 is 5.32 Å². The summed E-state index contributed by atoms with van der Waals surface area (Å²) in [5.41, 5.74) is 1.61. The Hall–Kier alpha value is -0.660. The number of carbonyl (C=O) groups excluding carboxylic acids is 2. The van der Waals surface area contributed by atoms with Gasteiger partial charge in [0.1, 0.15) is 5.78 Å². The lowest BCUT2D eigenvalue weighted by Crippen LogP contribution is -2.42. The Kier molecular flexibility index (Phi) is 19.4. The van der Waals surface area contributed by atoms with Crippen LogP contribution in [0.5, 0.6) is 0 Å². The van der Waals surface area contributed by atoms with Crippen molar-refractivity contribution in [3.63, 3.8) is 0 Å². The zero-order chi connectivity index (χ0) is 23.2. The van der Waals surface area contributed by atoms with Crippen molar-refractivity contribution >= 4 is 48.0 Å². The second-order valence-electron chi connectivity index (χ2n) is 9.53. The van der Waals surface area contributed by atoms with Crippen molar-refractivity contribution in [3.05, 3.63) is 0 Å². The van der Waals surface area contributed by atoms with E-state index in [-0.39, 0.29) is 34.1 Å². The van der Waals surface area contributed by atoms with E-state index in [1.54, 1.807) is 0 Å². The summed E-state index contributed by atoms with van der Waals surface area (Å²) in [6, 6.07) is 0. The first-order valence-electron chi connectivity index (χ1n) is 9.82. The Morgan fingerprint density at radius 1 is 0.938 bits per heavy atom. The number of halogens is 2. The average molecular weight is 520 g/mol. The minimum atomic E-state index is -1.67. The summed E-state index contributed by atoms with van der Waals surface area (Å²) >= 11 is 0. The van der Waals surface area contributed by atoms with Gasteiger partial charge in [0.2, 0.25) is 15.1 Å². The fraction of sp³-hybridized carbons (Fsp3) is 0.870. The molecule has 2 saturated carbocycles. The molecule has 0 radical (unpaired) electrons. The minimum absolute atomic E-state index is 0. The van der Waals surface area contributed by atoms with Gasteiger partial charge in [-0.05, 0) is 23.2 Å². The minimum Gasteiger partial charge on any atom is -0.411 e. The lowest BCUT2D eigenvalue weighted by atomic mass is 9.62. The smallest absolute Gasteiger partial charge is 0.223 e. The zero-order valence-electron chi connectivity index (χ0n) is 18.7. The second-order valence-corrected chi connectivity index (χ2v) is 12.1. The van der Waals surface area contributed by atoms with E-state index in [1.807, 2.05) is 13.8 Å². The molecule has 1 heterocycles. The highest BCUT2D eigenvalue weighted by atomic mass is 36.0. The monoisotopic (exact) mass is 518 g/mol. The van der Waals surface area contributed by atoms with Gasteiger partial charge in [0.15, 0.2) is 0 Å². The molecule has 3 fully saturated rings. The van der Waals surface area contributed by atoms with Crippen molar-refractivity contribution in [1.82, 2.24) is 5.32 Å². The molecule has 0 spiro atoms. The first-order valence-corrected chi connectivity index (χ1v) is 12.6. The maximum Gasteiger partial charge on any atom is 0.223 e. The fourth-order valence-electron chi connectivity index (χ4n) is 3.13. The van der Waals surface area contributed by atoms with Gasteiger partial charge < -0.3 is 10.5 Å². The molecule has 9 heteroatoms. The lowest BCUT2D eigenvalue weighted by Gasteiger charge is -2.42. The van der Waals surface area contributed by atoms with Gasteiger partial charge in [-0.25, -0.2) is 4.21 Å². The molecule has 3 aliphatic rings. The van der Waals surface area contributed by atoms with Crippen molar-refractivity contribution in [3.8, 4) is 0 Å². The van der Waals surface area contributed by atoms with Crippen LogP contribution in [0.3, 0.4) is 0 Å². The quantitative estimate of drug-likeness (QED) is 0.208. The molecular formula is C23H48Cl2N2O4S. The fourth-order valence-corrected chi connectivity index (χ4v) is 3.13. The number of nitrogens with zero attached hydrogens (tertiary/aromatic N) is 1. The molecule has 2 aliphatic carbocycles. The first kappa shape index (κ1) is 38.6. The Morgan fingerprint density at radius 3 is 1.41 bits per heavy atom. The van der Waals surface area contributed by atoms with E-state index in [0.29, 0.717) is 34.4 Å². The summed E-state index contributed by atoms with van der Waals surface area (Å²) in [4.78, 5) is 21.3. The third-order valence-electron chi connectivity index (χ3n) is 6.59. The number of Topliss-reactive ketones (excluding diaryl/α,β-unsaturated/α-hetero) is 1. The number of hydrogen-bond donors (Lipinski definition) is 2. The largest absolute Gasteiger partial charge is 0.411 e. The number of nitrogens with one attached hydrogen (secondary N) is 1. The third-order valence-corrected chi connectivity index (χ3v) is 6.59. The van der Waals surface area contributed by atoms with Crippen LogP contribution in [0.1, 0.15) is 90.5 Å². The summed E-state index contributed by atoms with van der Waals surface area (Å²) in [5.74, 6) is 2.16. The van der Waals surface area contributed by atoms with Gasteiger partial charge in [0, 0.05) is 52.1 Å². The van der Waals surface area contributed by atoms with Gasteiger partial charge in [-0.1, -0.05) is 82.8 Å². The first-order chi connectivity index (χ1) is 13.1. The normalized spacial score (nSPS) is 29.3. The Balaban J connectivity index is -0.000000163. The van der Waals surface area contributed by atoms with Gasteiger partial charge in [-0.2, -0.15) is 0 Å². The lowest BCUT2D eigenvalue weighted by molar-refractivity contribution is -0.138. The summed E-state index contributed by atoms with van der Waals surface area (Å²) < 4.78 is 9.09. The van der Waals surface area contributed by atoms with Gasteiger partial charge in [0.25, 0.3) is 0 Å². The molecule has 194 valence electrons. The van der Waals surface area contributed by atoms with Crippen molar-refractivity contribution in [2.24, 2.45) is 39.7 Å². The predicted octanol–water partition coefficient (Wildman–Crippen LogP) is 6.84. The number of carbonyl (C=O) groups is 2. The molecule has 6 nitrogen and oxygen atoms in total. The van der Waals surface area contributed by atoms with Crippen molar-refractivity contribution in [2.45, 2.75) is 90.5 Å². The highest BCUT2D eigenvalue weighted by Crippen LogP contribution is 2.43. The van der Waals surface area contributed by atoms with Crippen LogP contribution in [0.25, 0.3) is 0 Å². The van der Waals surface area contributed by atoms with Crippen LogP contribution in [0.4, 0.5) is 0 Å². The molecule has 3 rings (SSSR count). The average Bonchev–Trinajstić information content (AvgIpc) is 2.90. The molecule has 1 aliphatic heterocycles. The number of oxime groups is 1. The standard InChI is InChI=1S/C7H13NO.C7H12O.C6H11NO.3CH4.Cl2OS/c1-5-6(8-9)4-7(5,2)3;1-5-6(8)4-7(5,2)3;1-4-3-7-6(8)5(4)2;;;;1-4(2)3/h5,9H,4H2,1-3H3;5H,4H2,1-3H3;4-5H,3H2,1-2H3,(H,7,8);3*1H4;/b8-6-;;;;;;. The molecule has 2 N–H and O–H groups in total. The molecule has 4 unspecified atom stereocenters. The maximum atomic E-state index is 10.7. The molecule has 0 aromatic heterocycles. The molecule has 0 aromatic carbocycles. The summed E-state index contributed by atoms with van der Waals surface area (Å²) in [7, 11) is 7.36. The highest BCUT2D eigenvalue weighted by molar-refractivity contribution is 8.26. The number of rotatable bonds is 0. The summed E-state index contributed by atoms with van der Waals surface area (Å²) in [6.45, 7) is 17.7. The van der Waals surface area contributed by atoms with E-state index < -0.39 is 9.23 Å². The van der Waals surface area contributed by atoms with Crippen molar-refractivity contribution in [1.29, 1.82) is 0 Å². The molecular weight excluding hydrogens is 471 g/mol. The molecule has 1 amide bonds. The van der Waals surface area contributed by atoms with E-state index in [2.05, 4.69) is 73.4 Å². The molecule has 4 atom stereocenters. The SMILES string of the molecule is C.C.C.CC1/C(=N\O)CC1(C)C.CC1C(=O)CC1(C)C.CC1CNC(=O)C1C.O=S(Cl)Cl. The summed E-state index contributed by atoms with van der Waals surface area (Å²) in [6.07, 6.45) is 1.73. The highest BCUT2D eigenvalue weighted by Gasteiger charge is 2.43. The van der Waals surface area contributed by atoms with E-state index in [4.69, 9.17) is 9.42 Å². The second kappa shape index (κ2) is 16.0. The van der Waals surface area contributed by atoms with Crippen molar-refractivity contribution < 1.29 is 19.0 Å². The van der Waals surface area contributed by atoms with Crippen LogP contribution in [-0.4, -0.2) is 33.4 Å². The topological polar surface area (TPSA) is 95.8 Å².